The molecule has 3 aromatic heterocycles. The molecule has 1 atom stereocenters. The van der Waals surface area contributed by atoms with Crippen LogP contribution in [-0.4, -0.2) is 43.0 Å². The number of aryl methyl sites for hydroxylation is 1. The lowest BCUT2D eigenvalue weighted by Gasteiger charge is -2.17. The standard InChI is InChI=1S/C25H28FN5O2/c1-16(2)9-20(15-32)29-25(33)21-14-31(23-5-4-8-27-24(21)23)13-18-7-6-17(10-22(18)26)19-11-28-30(3)12-19/h4-8,10-12,14,16,20,32H,9,13,15H2,1-3H3,(H,29,33). The third-order valence-electron chi connectivity index (χ3n) is 5.62. The molecule has 0 fully saturated rings. The van der Waals surface area contributed by atoms with Gasteiger partial charge in [-0.1, -0.05) is 26.0 Å². The van der Waals surface area contributed by atoms with Gasteiger partial charge in [0.2, 0.25) is 0 Å². The number of nitrogens with zero attached hydrogens (tertiary/aromatic N) is 4. The Kier molecular flexibility index (Phi) is 6.55. The van der Waals surface area contributed by atoms with E-state index in [1.165, 1.54) is 6.07 Å². The van der Waals surface area contributed by atoms with Crippen LogP contribution in [0.5, 0.6) is 0 Å². The fourth-order valence-corrected chi connectivity index (χ4v) is 4.04. The van der Waals surface area contributed by atoms with Crippen LogP contribution < -0.4 is 5.32 Å². The third kappa shape index (κ3) is 4.96. The zero-order valence-corrected chi connectivity index (χ0v) is 19.0. The van der Waals surface area contributed by atoms with Crippen molar-refractivity contribution in [1.29, 1.82) is 0 Å². The molecule has 7 nitrogen and oxygen atoms in total. The summed E-state index contributed by atoms with van der Waals surface area (Å²) in [5, 5.41) is 16.7. The Morgan fingerprint density at radius 1 is 1.21 bits per heavy atom. The Morgan fingerprint density at radius 3 is 2.70 bits per heavy atom. The maximum Gasteiger partial charge on any atom is 0.255 e. The number of amides is 1. The predicted molar refractivity (Wildman–Crippen MR) is 125 cm³/mol. The molecule has 1 unspecified atom stereocenters. The minimum absolute atomic E-state index is 0.134. The number of halogens is 1. The minimum Gasteiger partial charge on any atom is -0.394 e. The number of rotatable bonds is 8. The summed E-state index contributed by atoms with van der Waals surface area (Å²) in [6.07, 6.45) is 7.53. The Morgan fingerprint density at radius 2 is 2.03 bits per heavy atom. The van der Waals surface area contributed by atoms with Crippen molar-refractivity contribution in [3.05, 3.63) is 72.1 Å². The molecule has 4 rings (SSSR count). The number of carbonyl (C=O) groups is 1. The molecule has 4 aromatic rings. The van der Waals surface area contributed by atoms with Crippen molar-refractivity contribution >= 4 is 16.9 Å². The maximum atomic E-state index is 15.0. The Bertz CT molecular complexity index is 1280. The van der Waals surface area contributed by atoms with Crippen molar-refractivity contribution in [1.82, 2.24) is 24.6 Å². The first kappa shape index (κ1) is 22.7. The van der Waals surface area contributed by atoms with Gasteiger partial charge in [0.25, 0.3) is 5.91 Å². The number of aliphatic hydroxyl groups excluding tert-OH is 1. The number of pyridine rings is 1. The van der Waals surface area contributed by atoms with E-state index in [1.807, 2.05) is 43.8 Å². The highest BCUT2D eigenvalue weighted by Gasteiger charge is 2.20. The van der Waals surface area contributed by atoms with Gasteiger partial charge in [-0.25, -0.2) is 4.39 Å². The Labute approximate surface area is 191 Å². The molecular formula is C25H28FN5O2. The summed E-state index contributed by atoms with van der Waals surface area (Å²) < 4.78 is 18.5. The number of hydrogen-bond acceptors (Lipinski definition) is 4. The molecule has 0 bridgehead atoms. The van der Waals surface area contributed by atoms with E-state index in [-0.39, 0.29) is 30.9 Å². The molecule has 33 heavy (non-hydrogen) atoms. The molecular weight excluding hydrogens is 421 g/mol. The molecule has 0 spiro atoms. The normalized spacial score (nSPS) is 12.4. The van der Waals surface area contributed by atoms with Crippen LogP contribution >= 0.6 is 0 Å². The molecule has 2 N–H and O–H groups in total. The second-order valence-electron chi connectivity index (χ2n) is 8.73. The second kappa shape index (κ2) is 9.54. The predicted octanol–water partition coefficient (Wildman–Crippen LogP) is 3.76. The number of carbonyl (C=O) groups excluding carboxylic acids is 1. The zero-order chi connectivity index (χ0) is 23.5. The first-order chi connectivity index (χ1) is 15.9. The number of hydrogen-bond donors (Lipinski definition) is 2. The summed E-state index contributed by atoms with van der Waals surface area (Å²) in [5.41, 5.74) is 3.79. The minimum atomic E-state index is -0.336. The molecule has 172 valence electrons. The highest BCUT2D eigenvalue weighted by atomic mass is 19.1. The smallest absolute Gasteiger partial charge is 0.255 e. The van der Waals surface area contributed by atoms with E-state index in [2.05, 4.69) is 15.4 Å². The zero-order valence-electron chi connectivity index (χ0n) is 19.0. The number of benzene rings is 1. The van der Waals surface area contributed by atoms with Gasteiger partial charge < -0.3 is 15.0 Å². The lowest BCUT2D eigenvalue weighted by Crippen LogP contribution is -2.38. The van der Waals surface area contributed by atoms with Crippen LogP contribution in [0.3, 0.4) is 0 Å². The van der Waals surface area contributed by atoms with Crippen molar-refractivity contribution < 1.29 is 14.3 Å². The summed E-state index contributed by atoms with van der Waals surface area (Å²) in [6, 6.07) is 8.43. The maximum absolute atomic E-state index is 15.0. The molecule has 0 aliphatic carbocycles. The van der Waals surface area contributed by atoms with Crippen LogP contribution in [0.25, 0.3) is 22.2 Å². The van der Waals surface area contributed by atoms with Crippen molar-refractivity contribution in [2.24, 2.45) is 13.0 Å². The highest BCUT2D eigenvalue weighted by molar-refractivity contribution is 6.05. The lowest BCUT2D eigenvalue weighted by molar-refractivity contribution is 0.0909. The van der Waals surface area contributed by atoms with Gasteiger partial charge >= 0.3 is 0 Å². The van der Waals surface area contributed by atoms with E-state index in [4.69, 9.17) is 0 Å². The quantitative estimate of drug-likeness (QED) is 0.429. The number of aliphatic hydroxyl groups is 1. The van der Waals surface area contributed by atoms with Gasteiger partial charge in [0, 0.05) is 36.8 Å². The van der Waals surface area contributed by atoms with Gasteiger partial charge in [0.05, 0.1) is 36.5 Å². The van der Waals surface area contributed by atoms with Gasteiger partial charge in [-0.05, 0) is 36.1 Å². The fourth-order valence-electron chi connectivity index (χ4n) is 4.04. The first-order valence-corrected chi connectivity index (χ1v) is 11.0. The van der Waals surface area contributed by atoms with Gasteiger partial charge in [-0.15, -0.1) is 0 Å². The highest BCUT2D eigenvalue weighted by Crippen LogP contribution is 2.25. The first-order valence-electron chi connectivity index (χ1n) is 11.0. The Balaban J connectivity index is 1.62. The van der Waals surface area contributed by atoms with E-state index >= 15 is 0 Å². The van der Waals surface area contributed by atoms with Gasteiger partial charge in [-0.2, -0.15) is 5.10 Å². The Hall–Kier alpha value is -3.52. The SMILES string of the molecule is CC(C)CC(CO)NC(=O)c1cn(Cc2ccc(-c3cnn(C)c3)cc2F)c2cccnc12. The summed E-state index contributed by atoms with van der Waals surface area (Å²) >= 11 is 0. The summed E-state index contributed by atoms with van der Waals surface area (Å²) in [4.78, 5) is 17.4. The third-order valence-corrected chi connectivity index (χ3v) is 5.62. The number of nitrogens with one attached hydrogen (secondary N) is 1. The molecule has 0 radical (unpaired) electrons. The lowest BCUT2D eigenvalue weighted by atomic mass is 10.0. The summed E-state index contributed by atoms with van der Waals surface area (Å²) in [7, 11) is 1.82. The van der Waals surface area contributed by atoms with Crippen LogP contribution in [0.4, 0.5) is 4.39 Å². The van der Waals surface area contributed by atoms with E-state index < -0.39 is 0 Å². The van der Waals surface area contributed by atoms with Crippen molar-refractivity contribution in [3.8, 4) is 11.1 Å². The molecule has 1 amide bonds. The average molecular weight is 450 g/mol. The molecule has 0 saturated heterocycles. The van der Waals surface area contributed by atoms with Crippen LogP contribution in [0, 0.1) is 11.7 Å². The van der Waals surface area contributed by atoms with Crippen LogP contribution in [0.1, 0.15) is 36.2 Å². The molecule has 0 aliphatic rings. The van der Waals surface area contributed by atoms with Gasteiger partial charge in [-0.3, -0.25) is 14.5 Å². The second-order valence-corrected chi connectivity index (χ2v) is 8.73. The van der Waals surface area contributed by atoms with Crippen LogP contribution in [0.2, 0.25) is 0 Å². The molecule has 1 aromatic carbocycles. The van der Waals surface area contributed by atoms with Gasteiger partial charge in [0.1, 0.15) is 11.3 Å². The van der Waals surface area contributed by atoms with Gasteiger partial charge in [0.15, 0.2) is 0 Å². The van der Waals surface area contributed by atoms with E-state index in [9.17, 15) is 14.3 Å². The number of fused-ring (bicyclic) bond motifs is 1. The molecule has 0 saturated carbocycles. The van der Waals surface area contributed by atoms with Crippen molar-refractivity contribution in [2.45, 2.75) is 32.9 Å². The van der Waals surface area contributed by atoms with E-state index in [0.717, 1.165) is 16.6 Å². The van der Waals surface area contributed by atoms with Crippen molar-refractivity contribution in [3.63, 3.8) is 0 Å². The molecule has 3 heterocycles. The van der Waals surface area contributed by atoms with Crippen LogP contribution in [-0.2, 0) is 13.6 Å². The monoisotopic (exact) mass is 449 g/mol. The number of aromatic nitrogens is 4. The van der Waals surface area contributed by atoms with E-state index in [1.54, 1.807) is 35.4 Å². The van der Waals surface area contributed by atoms with Crippen molar-refractivity contribution in [2.75, 3.05) is 6.61 Å². The van der Waals surface area contributed by atoms with E-state index in [0.29, 0.717) is 29.0 Å². The van der Waals surface area contributed by atoms with Crippen LogP contribution in [0.15, 0.2) is 55.1 Å². The summed E-state index contributed by atoms with van der Waals surface area (Å²) in [6.45, 7) is 4.20. The topological polar surface area (TPSA) is 85.0 Å². The fraction of sp³-hybridized carbons (Fsp3) is 0.320. The molecule has 8 heteroatoms. The molecule has 0 aliphatic heterocycles. The largest absolute Gasteiger partial charge is 0.394 e. The summed E-state index contributed by atoms with van der Waals surface area (Å²) in [5.74, 6) is -0.297. The average Bonchev–Trinajstić information content (AvgIpc) is 3.38.